The van der Waals surface area contributed by atoms with Crippen LogP contribution in [0.2, 0.25) is 0 Å². The van der Waals surface area contributed by atoms with Crippen LogP contribution in [0.15, 0.2) is 46.7 Å². The summed E-state index contributed by atoms with van der Waals surface area (Å²) in [5, 5.41) is 17.3. The highest BCUT2D eigenvalue weighted by Gasteiger charge is 2.32. The van der Waals surface area contributed by atoms with Gasteiger partial charge in [-0.1, -0.05) is 44.2 Å². The fourth-order valence-electron chi connectivity index (χ4n) is 3.03. The van der Waals surface area contributed by atoms with Gasteiger partial charge in [-0.3, -0.25) is 9.89 Å². The lowest BCUT2D eigenvalue weighted by Crippen LogP contribution is -2.26. The maximum absolute atomic E-state index is 12.3. The summed E-state index contributed by atoms with van der Waals surface area (Å²) in [4.78, 5) is 16.6. The third-order valence-corrected chi connectivity index (χ3v) is 4.20. The lowest BCUT2D eigenvalue weighted by atomic mass is 9.77. The topological polar surface area (TPSA) is 78.3 Å². The number of aliphatic hydroxyl groups is 1. The molecule has 24 heavy (non-hydrogen) atoms. The molecule has 0 radical (unpaired) electrons. The second kappa shape index (κ2) is 6.07. The highest BCUT2D eigenvalue weighted by molar-refractivity contribution is 6.15. The van der Waals surface area contributed by atoms with Crippen molar-refractivity contribution in [1.29, 1.82) is 0 Å². The standard InChI is InChI=1S/C19H21N3O2/c1-12-17(13-7-5-4-6-8-13)18(22-21-12)20-11-14-15(23)9-19(2,3)10-16(14)24/h4-8,11,23H,9-10H2,1-3H3,(H,21,22). The molecule has 0 spiro atoms. The third kappa shape index (κ3) is 3.15. The number of ketones is 1. The maximum Gasteiger partial charge on any atom is 0.181 e. The fraction of sp³-hybridized carbons (Fsp3) is 0.316. The maximum atomic E-state index is 12.3. The number of aromatic nitrogens is 2. The molecule has 0 saturated heterocycles. The van der Waals surface area contributed by atoms with E-state index in [1.807, 2.05) is 51.1 Å². The van der Waals surface area contributed by atoms with Gasteiger partial charge in [0.25, 0.3) is 0 Å². The molecule has 0 amide bonds. The number of rotatable bonds is 3. The Balaban J connectivity index is 1.96. The van der Waals surface area contributed by atoms with Crippen molar-refractivity contribution in [3.05, 3.63) is 47.4 Å². The van der Waals surface area contributed by atoms with Crippen LogP contribution in [0, 0.1) is 12.3 Å². The van der Waals surface area contributed by atoms with Crippen molar-refractivity contribution in [2.24, 2.45) is 10.4 Å². The first-order chi connectivity index (χ1) is 11.4. The van der Waals surface area contributed by atoms with E-state index >= 15 is 0 Å². The number of H-pyrrole nitrogens is 1. The molecule has 2 N–H and O–H groups in total. The summed E-state index contributed by atoms with van der Waals surface area (Å²) in [6.45, 7) is 5.87. The minimum atomic E-state index is -0.212. The van der Waals surface area contributed by atoms with Crippen LogP contribution in [-0.2, 0) is 4.79 Å². The van der Waals surface area contributed by atoms with E-state index in [-0.39, 0.29) is 22.5 Å². The van der Waals surface area contributed by atoms with Crippen molar-refractivity contribution in [3.8, 4) is 11.1 Å². The molecule has 1 aromatic heterocycles. The van der Waals surface area contributed by atoms with Crippen LogP contribution < -0.4 is 0 Å². The summed E-state index contributed by atoms with van der Waals surface area (Å²) >= 11 is 0. The van der Waals surface area contributed by atoms with Crippen molar-refractivity contribution < 1.29 is 9.90 Å². The van der Waals surface area contributed by atoms with Crippen LogP contribution in [0.25, 0.3) is 11.1 Å². The fourth-order valence-corrected chi connectivity index (χ4v) is 3.03. The molecule has 1 aromatic carbocycles. The van der Waals surface area contributed by atoms with Crippen LogP contribution >= 0.6 is 0 Å². The zero-order chi connectivity index (χ0) is 17.3. The van der Waals surface area contributed by atoms with E-state index in [1.54, 1.807) is 0 Å². The predicted molar refractivity (Wildman–Crippen MR) is 94.6 cm³/mol. The number of Topliss-reactive ketones (excluding diaryl/α,β-unsaturated/α-hetero) is 1. The molecule has 124 valence electrons. The molecule has 0 unspecified atom stereocenters. The molecule has 1 aliphatic rings. The monoisotopic (exact) mass is 323 g/mol. The number of nitrogens with zero attached hydrogens (tertiary/aromatic N) is 2. The molecule has 2 aromatic rings. The Kier molecular flexibility index (Phi) is 4.09. The van der Waals surface area contributed by atoms with E-state index in [0.29, 0.717) is 18.7 Å². The van der Waals surface area contributed by atoms with Crippen LogP contribution in [0.3, 0.4) is 0 Å². The number of carbonyl (C=O) groups excluding carboxylic acids is 1. The normalized spacial score (nSPS) is 17.7. The smallest absolute Gasteiger partial charge is 0.181 e. The second-order valence-electron chi connectivity index (χ2n) is 6.97. The number of aryl methyl sites for hydroxylation is 1. The zero-order valence-electron chi connectivity index (χ0n) is 14.1. The molecular formula is C19H21N3O2. The Bertz CT molecular complexity index is 830. The molecule has 1 heterocycles. The van der Waals surface area contributed by atoms with Gasteiger partial charge in [-0.25, -0.2) is 4.99 Å². The molecule has 0 saturated carbocycles. The number of benzene rings is 1. The number of hydrogen-bond acceptors (Lipinski definition) is 4. The van der Waals surface area contributed by atoms with Gasteiger partial charge >= 0.3 is 0 Å². The van der Waals surface area contributed by atoms with E-state index in [4.69, 9.17) is 0 Å². The van der Waals surface area contributed by atoms with Gasteiger partial charge in [0.2, 0.25) is 0 Å². The number of allylic oxidation sites excluding steroid dienone is 2. The average Bonchev–Trinajstić information content (AvgIpc) is 2.87. The Morgan fingerprint density at radius 3 is 2.62 bits per heavy atom. The summed E-state index contributed by atoms with van der Waals surface area (Å²) < 4.78 is 0. The van der Waals surface area contributed by atoms with Gasteiger partial charge in [-0.15, -0.1) is 0 Å². The third-order valence-electron chi connectivity index (χ3n) is 4.20. The minimum Gasteiger partial charge on any atom is -0.511 e. The second-order valence-corrected chi connectivity index (χ2v) is 6.97. The first kappa shape index (κ1) is 16.2. The summed E-state index contributed by atoms with van der Waals surface area (Å²) in [5.41, 5.74) is 2.88. The first-order valence-corrected chi connectivity index (χ1v) is 7.97. The number of aromatic amines is 1. The SMILES string of the molecule is Cc1[nH]nc(N=CC2=C(O)CC(C)(C)CC2=O)c1-c1ccccc1. The van der Waals surface area contributed by atoms with E-state index in [1.165, 1.54) is 6.21 Å². The molecule has 5 heteroatoms. The Hall–Kier alpha value is -2.69. The zero-order valence-corrected chi connectivity index (χ0v) is 14.1. The largest absolute Gasteiger partial charge is 0.511 e. The van der Waals surface area contributed by atoms with E-state index in [0.717, 1.165) is 16.8 Å². The lowest BCUT2D eigenvalue weighted by molar-refractivity contribution is -0.117. The molecule has 5 nitrogen and oxygen atoms in total. The van der Waals surface area contributed by atoms with Crippen LogP contribution in [0.1, 0.15) is 32.4 Å². The van der Waals surface area contributed by atoms with Crippen molar-refractivity contribution in [1.82, 2.24) is 10.2 Å². The number of carbonyl (C=O) groups is 1. The van der Waals surface area contributed by atoms with Crippen molar-refractivity contribution in [2.45, 2.75) is 33.6 Å². The van der Waals surface area contributed by atoms with E-state index in [2.05, 4.69) is 15.2 Å². The van der Waals surface area contributed by atoms with Gasteiger partial charge in [-0.2, -0.15) is 5.10 Å². The number of aliphatic imine (C=N–C) groups is 1. The highest BCUT2D eigenvalue weighted by atomic mass is 16.3. The van der Waals surface area contributed by atoms with E-state index < -0.39 is 0 Å². The average molecular weight is 323 g/mol. The first-order valence-electron chi connectivity index (χ1n) is 7.97. The molecular weight excluding hydrogens is 302 g/mol. The quantitative estimate of drug-likeness (QED) is 0.827. The molecule has 0 bridgehead atoms. The van der Waals surface area contributed by atoms with Gasteiger partial charge in [0.1, 0.15) is 5.76 Å². The van der Waals surface area contributed by atoms with Gasteiger partial charge in [0, 0.05) is 30.3 Å². The number of hydrogen-bond donors (Lipinski definition) is 2. The van der Waals surface area contributed by atoms with Gasteiger partial charge in [-0.05, 0) is 17.9 Å². The molecule has 1 aliphatic carbocycles. The van der Waals surface area contributed by atoms with Gasteiger partial charge in [0.15, 0.2) is 11.6 Å². The predicted octanol–water partition coefficient (Wildman–Crippen LogP) is 4.29. The number of nitrogens with one attached hydrogen (secondary N) is 1. The summed E-state index contributed by atoms with van der Waals surface area (Å²) in [6.07, 6.45) is 2.32. The van der Waals surface area contributed by atoms with Crippen molar-refractivity contribution in [3.63, 3.8) is 0 Å². The van der Waals surface area contributed by atoms with Crippen LogP contribution in [-0.4, -0.2) is 27.3 Å². The van der Waals surface area contributed by atoms with Crippen LogP contribution in [0.5, 0.6) is 0 Å². The molecule has 0 aliphatic heterocycles. The van der Waals surface area contributed by atoms with E-state index in [9.17, 15) is 9.90 Å². The Morgan fingerprint density at radius 1 is 1.25 bits per heavy atom. The highest BCUT2D eigenvalue weighted by Crippen LogP contribution is 2.36. The molecule has 0 atom stereocenters. The van der Waals surface area contributed by atoms with Crippen molar-refractivity contribution >= 4 is 17.8 Å². The Labute approximate surface area is 141 Å². The minimum absolute atomic E-state index is 0.0824. The van der Waals surface area contributed by atoms with Crippen LogP contribution in [0.4, 0.5) is 5.82 Å². The van der Waals surface area contributed by atoms with Crippen molar-refractivity contribution in [2.75, 3.05) is 0 Å². The Morgan fingerprint density at radius 2 is 1.96 bits per heavy atom. The van der Waals surface area contributed by atoms with Gasteiger partial charge < -0.3 is 5.11 Å². The lowest BCUT2D eigenvalue weighted by Gasteiger charge is -2.28. The summed E-state index contributed by atoms with van der Waals surface area (Å²) in [5.74, 6) is 0.533. The summed E-state index contributed by atoms with van der Waals surface area (Å²) in [6, 6.07) is 9.84. The van der Waals surface area contributed by atoms with Gasteiger partial charge in [0.05, 0.1) is 5.57 Å². The summed E-state index contributed by atoms with van der Waals surface area (Å²) in [7, 11) is 0. The molecule has 3 rings (SSSR count). The number of aliphatic hydroxyl groups excluding tert-OH is 1. The molecule has 0 fully saturated rings.